The Hall–Kier alpha value is -0.150. The van der Waals surface area contributed by atoms with E-state index in [1.54, 1.807) is 0 Å². The number of carbonyl (C=O) groups excluding carboxylic acids is 1. The normalized spacial score (nSPS) is 12.6. The molecule has 0 aliphatic carbocycles. The van der Waals surface area contributed by atoms with Gasteiger partial charge in [0.1, 0.15) is 0 Å². The summed E-state index contributed by atoms with van der Waals surface area (Å²) in [6.07, 6.45) is 0. The van der Waals surface area contributed by atoms with Crippen LogP contribution in [0.5, 0.6) is 0 Å². The van der Waals surface area contributed by atoms with Gasteiger partial charge in [0.2, 0.25) is 0 Å². The second-order valence-electron chi connectivity index (χ2n) is 3.25. The van der Waals surface area contributed by atoms with E-state index in [0.29, 0.717) is 5.33 Å². The zero-order valence-corrected chi connectivity index (χ0v) is 11.4. The van der Waals surface area contributed by atoms with Crippen molar-refractivity contribution in [2.75, 3.05) is 5.33 Å². The molecule has 0 saturated heterocycles. The molecule has 1 unspecified atom stereocenters. The van der Waals surface area contributed by atoms with Gasteiger partial charge in [-0.05, 0) is 25.0 Å². The number of benzene rings is 1. The first-order valence-corrected chi connectivity index (χ1v) is 6.42. The summed E-state index contributed by atoms with van der Waals surface area (Å²) in [5.74, 6) is 0.150. The summed E-state index contributed by atoms with van der Waals surface area (Å²) >= 11 is 6.64. The molecular weight excluding hydrogens is 308 g/mol. The van der Waals surface area contributed by atoms with Crippen LogP contribution in [-0.4, -0.2) is 15.9 Å². The number of halogens is 2. The molecular formula is C11H12Br2O. The third-order valence-corrected chi connectivity index (χ3v) is 4.40. The number of rotatable bonds is 3. The number of Topliss-reactive ketones (excluding diaryl/α,β-unsaturated/α-hetero) is 1. The molecule has 1 aromatic carbocycles. The molecule has 0 bridgehead atoms. The number of aryl methyl sites for hydroxylation is 2. The quantitative estimate of drug-likeness (QED) is 0.614. The van der Waals surface area contributed by atoms with Crippen LogP contribution in [0.25, 0.3) is 0 Å². The largest absolute Gasteiger partial charge is 0.293 e. The summed E-state index contributed by atoms with van der Waals surface area (Å²) in [5.41, 5.74) is 2.93. The Morgan fingerprint density at radius 3 is 2.29 bits per heavy atom. The predicted octanol–water partition coefficient (Wildman–Crippen LogP) is 3.64. The third-order valence-electron chi connectivity index (χ3n) is 2.15. The molecule has 0 aliphatic rings. The van der Waals surface area contributed by atoms with Crippen molar-refractivity contribution in [2.45, 2.75) is 18.7 Å². The Balaban J connectivity index is 3.12. The van der Waals surface area contributed by atoms with Crippen molar-refractivity contribution in [2.24, 2.45) is 0 Å². The van der Waals surface area contributed by atoms with Gasteiger partial charge in [-0.2, -0.15) is 0 Å². The topological polar surface area (TPSA) is 17.1 Å². The van der Waals surface area contributed by atoms with Gasteiger partial charge in [-0.1, -0.05) is 50.1 Å². The summed E-state index contributed by atoms with van der Waals surface area (Å²) in [7, 11) is 0. The molecule has 1 atom stereocenters. The minimum absolute atomic E-state index is 0.137. The highest BCUT2D eigenvalue weighted by atomic mass is 79.9. The lowest BCUT2D eigenvalue weighted by molar-refractivity contribution is 0.0996. The zero-order valence-electron chi connectivity index (χ0n) is 8.18. The van der Waals surface area contributed by atoms with E-state index in [9.17, 15) is 4.79 Å². The Bertz CT molecular complexity index is 327. The van der Waals surface area contributed by atoms with E-state index < -0.39 is 0 Å². The highest BCUT2D eigenvalue weighted by molar-refractivity contribution is 9.12. The second kappa shape index (κ2) is 5.08. The summed E-state index contributed by atoms with van der Waals surface area (Å²) in [6, 6.07) is 5.90. The first-order chi connectivity index (χ1) is 6.57. The molecule has 0 aliphatic heterocycles. The molecule has 1 nitrogen and oxygen atoms in total. The van der Waals surface area contributed by atoms with Gasteiger partial charge in [-0.3, -0.25) is 4.79 Å². The van der Waals surface area contributed by atoms with Crippen LogP contribution in [-0.2, 0) is 0 Å². The molecule has 0 saturated carbocycles. The lowest BCUT2D eigenvalue weighted by Gasteiger charge is -2.10. The van der Waals surface area contributed by atoms with Crippen molar-refractivity contribution < 1.29 is 4.79 Å². The molecule has 14 heavy (non-hydrogen) atoms. The van der Waals surface area contributed by atoms with Crippen LogP contribution < -0.4 is 0 Å². The first kappa shape index (κ1) is 11.9. The van der Waals surface area contributed by atoms with Crippen molar-refractivity contribution in [1.29, 1.82) is 0 Å². The van der Waals surface area contributed by atoms with Crippen molar-refractivity contribution in [3.8, 4) is 0 Å². The van der Waals surface area contributed by atoms with Crippen LogP contribution in [0, 0.1) is 13.8 Å². The fourth-order valence-electron chi connectivity index (χ4n) is 1.43. The van der Waals surface area contributed by atoms with Crippen LogP contribution in [0.2, 0.25) is 0 Å². The van der Waals surface area contributed by atoms with E-state index in [2.05, 4.69) is 31.9 Å². The van der Waals surface area contributed by atoms with Gasteiger partial charge >= 0.3 is 0 Å². The lowest BCUT2D eigenvalue weighted by Crippen LogP contribution is -2.17. The molecule has 1 rings (SSSR count). The Kier molecular flexibility index (Phi) is 4.32. The number of hydrogen-bond donors (Lipinski definition) is 0. The number of ketones is 1. The highest BCUT2D eigenvalue weighted by Gasteiger charge is 2.18. The smallest absolute Gasteiger partial charge is 0.177 e. The molecule has 0 radical (unpaired) electrons. The molecule has 76 valence electrons. The zero-order chi connectivity index (χ0) is 10.7. The van der Waals surface area contributed by atoms with Crippen LogP contribution in [0.15, 0.2) is 18.2 Å². The first-order valence-electron chi connectivity index (χ1n) is 4.38. The number of carbonyl (C=O) groups is 1. The van der Waals surface area contributed by atoms with Crippen LogP contribution in [0.3, 0.4) is 0 Å². The van der Waals surface area contributed by atoms with Gasteiger partial charge in [-0.25, -0.2) is 0 Å². The van der Waals surface area contributed by atoms with E-state index >= 15 is 0 Å². The van der Waals surface area contributed by atoms with Gasteiger partial charge in [0, 0.05) is 10.9 Å². The fourth-order valence-corrected chi connectivity index (χ4v) is 1.95. The molecule has 0 N–H and O–H groups in total. The second-order valence-corrected chi connectivity index (χ2v) is 5.01. The van der Waals surface area contributed by atoms with Crippen LogP contribution >= 0.6 is 31.9 Å². The Labute approximate surface area is 101 Å². The average Bonchev–Trinajstić information content (AvgIpc) is 2.16. The number of alkyl halides is 2. The van der Waals surface area contributed by atoms with Gasteiger partial charge in [-0.15, -0.1) is 0 Å². The van der Waals surface area contributed by atoms with Crippen molar-refractivity contribution in [3.63, 3.8) is 0 Å². The Morgan fingerprint density at radius 2 is 1.86 bits per heavy atom. The maximum Gasteiger partial charge on any atom is 0.177 e. The minimum Gasteiger partial charge on any atom is -0.293 e. The van der Waals surface area contributed by atoms with E-state index in [-0.39, 0.29) is 10.6 Å². The maximum absolute atomic E-state index is 11.9. The Morgan fingerprint density at radius 1 is 1.36 bits per heavy atom. The summed E-state index contributed by atoms with van der Waals surface area (Å²) in [6.45, 7) is 3.93. The predicted molar refractivity (Wildman–Crippen MR) is 66.8 cm³/mol. The molecule has 0 spiro atoms. The van der Waals surface area contributed by atoms with Gasteiger partial charge in [0.25, 0.3) is 0 Å². The molecule has 3 heteroatoms. The van der Waals surface area contributed by atoms with Gasteiger partial charge in [0.15, 0.2) is 5.78 Å². The van der Waals surface area contributed by atoms with E-state index in [1.165, 1.54) is 0 Å². The van der Waals surface area contributed by atoms with Crippen molar-refractivity contribution in [3.05, 3.63) is 34.9 Å². The standard InChI is InChI=1S/C11H12Br2O/c1-7-4-3-5-8(2)10(7)11(14)9(13)6-12/h3-5,9H,6H2,1-2H3. The molecule has 1 aromatic rings. The number of hydrogen-bond acceptors (Lipinski definition) is 1. The minimum atomic E-state index is -0.137. The van der Waals surface area contributed by atoms with E-state index in [0.717, 1.165) is 16.7 Å². The van der Waals surface area contributed by atoms with E-state index in [4.69, 9.17) is 0 Å². The molecule has 0 aromatic heterocycles. The summed E-state index contributed by atoms with van der Waals surface area (Å²) < 4.78 is 0. The van der Waals surface area contributed by atoms with Crippen molar-refractivity contribution >= 4 is 37.6 Å². The van der Waals surface area contributed by atoms with Gasteiger partial charge in [0.05, 0.1) is 4.83 Å². The summed E-state index contributed by atoms with van der Waals surface area (Å²) in [5, 5.41) is 0.638. The molecule has 0 heterocycles. The lowest BCUT2D eigenvalue weighted by atomic mass is 9.98. The monoisotopic (exact) mass is 318 g/mol. The molecule has 0 amide bonds. The summed E-state index contributed by atoms with van der Waals surface area (Å²) in [4.78, 5) is 11.8. The fraction of sp³-hybridized carbons (Fsp3) is 0.364. The van der Waals surface area contributed by atoms with E-state index in [1.807, 2.05) is 32.0 Å². The SMILES string of the molecule is Cc1cccc(C)c1C(=O)C(Br)CBr. The molecule has 0 fully saturated rings. The van der Waals surface area contributed by atoms with Crippen LogP contribution in [0.4, 0.5) is 0 Å². The maximum atomic E-state index is 11.9. The highest BCUT2D eigenvalue weighted by Crippen LogP contribution is 2.19. The van der Waals surface area contributed by atoms with Crippen LogP contribution in [0.1, 0.15) is 21.5 Å². The average molecular weight is 320 g/mol. The van der Waals surface area contributed by atoms with Crippen molar-refractivity contribution in [1.82, 2.24) is 0 Å². The third kappa shape index (κ3) is 2.45. The van der Waals surface area contributed by atoms with Gasteiger partial charge < -0.3 is 0 Å².